The number of rotatable bonds is 6. The van der Waals surface area contributed by atoms with Crippen molar-refractivity contribution in [1.82, 2.24) is 5.32 Å². The van der Waals surface area contributed by atoms with Crippen LogP contribution in [0, 0.1) is 23.6 Å². The first-order chi connectivity index (χ1) is 8.82. The Labute approximate surface area is 125 Å². The second-order valence-corrected chi connectivity index (χ2v) is 6.80. The highest BCUT2D eigenvalue weighted by Gasteiger charge is 2.19. The Balaban J connectivity index is 2.66. The van der Waals surface area contributed by atoms with Crippen molar-refractivity contribution in [2.24, 2.45) is 17.8 Å². The quantitative estimate of drug-likeness (QED) is 0.759. The molecule has 1 atom stereocenters. The van der Waals surface area contributed by atoms with Crippen LogP contribution < -0.4 is 5.32 Å². The predicted octanol–water partition coefficient (Wildman–Crippen LogP) is 5.17. The molecule has 19 heavy (non-hydrogen) atoms. The fraction of sp³-hybridized carbons (Fsp3) is 0.625. The second kappa shape index (κ2) is 7.39. The number of hydrogen-bond acceptors (Lipinski definition) is 1. The minimum absolute atomic E-state index is 0.204. The fourth-order valence-corrected chi connectivity index (χ4v) is 3.21. The molecule has 0 aliphatic carbocycles. The average molecular weight is 330 g/mol. The Morgan fingerprint density at radius 1 is 1.11 bits per heavy atom. The van der Waals surface area contributed by atoms with Crippen LogP contribution in [0.5, 0.6) is 0 Å². The van der Waals surface area contributed by atoms with Gasteiger partial charge in [-0.3, -0.25) is 0 Å². The number of hydrogen-bond donors (Lipinski definition) is 1. The van der Waals surface area contributed by atoms with Gasteiger partial charge in [0.25, 0.3) is 0 Å². The summed E-state index contributed by atoms with van der Waals surface area (Å²) in [6.45, 7) is 12.2. The van der Waals surface area contributed by atoms with Crippen LogP contribution in [0.25, 0.3) is 0 Å². The molecular formula is C16H25BrFN. The summed E-state index contributed by atoms with van der Waals surface area (Å²) in [5.41, 5.74) is 1.10. The van der Waals surface area contributed by atoms with E-state index in [1.165, 1.54) is 12.1 Å². The molecule has 1 unspecified atom stereocenters. The first kappa shape index (κ1) is 16.6. The first-order valence-electron chi connectivity index (χ1n) is 7.01. The molecule has 0 saturated heterocycles. The molecule has 3 heteroatoms. The normalized spacial score (nSPS) is 13.6. The highest BCUT2D eigenvalue weighted by atomic mass is 79.9. The zero-order chi connectivity index (χ0) is 14.6. The maximum atomic E-state index is 13.1. The van der Waals surface area contributed by atoms with E-state index in [4.69, 9.17) is 0 Å². The SMILES string of the molecule is CC(NCC(C(C)C)C(C)C)c1ccc(F)cc1Br. The lowest BCUT2D eigenvalue weighted by Crippen LogP contribution is -2.31. The minimum Gasteiger partial charge on any atom is -0.310 e. The van der Waals surface area contributed by atoms with Gasteiger partial charge in [0.15, 0.2) is 0 Å². The maximum Gasteiger partial charge on any atom is 0.124 e. The van der Waals surface area contributed by atoms with Crippen LogP contribution in [0.1, 0.15) is 46.2 Å². The summed E-state index contributed by atoms with van der Waals surface area (Å²) in [7, 11) is 0. The van der Waals surface area contributed by atoms with E-state index in [2.05, 4.69) is 55.9 Å². The highest BCUT2D eigenvalue weighted by molar-refractivity contribution is 9.10. The summed E-state index contributed by atoms with van der Waals surface area (Å²) in [4.78, 5) is 0. The van der Waals surface area contributed by atoms with Gasteiger partial charge in [-0.2, -0.15) is 0 Å². The van der Waals surface area contributed by atoms with E-state index in [1.807, 2.05) is 6.07 Å². The molecule has 0 fully saturated rings. The molecule has 0 aliphatic rings. The maximum absolute atomic E-state index is 13.1. The van der Waals surface area contributed by atoms with Gasteiger partial charge < -0.3 is 5.32 Å². The third-order valence-corrected chi connectivity index (χ3v) is 4.49. The largest absolute Gasteiger partial charge is 0.310 e. The van der Waals surface area contributed by atoms with E-state index in [1.54, 1.807) is 0 Å². The monoisotopic (exact) mass is 329 g/mol. The minimum atomic E-state index is -0.204. The van der Waals surface area contributed by atoms with Crippen LogP contribution in [0.4, 0.5) is 4.39 Å². The molecule has 0 saturated carbocycles. The summed E-state index contributed by atoms with van der Waals surface area (Å²) >= 11 is 3.43. The van der Waals surface area contributed by atoms with Crippen molar-refractivity contribution in [2.75, 3.05) is 6.54 Å². The van der Waals surface area contributed by atoms with Gasteiger partial charge in [0.05, 0.1) is 0 Å². The molecule has 1 aromatic rings. The van der Waals surface area contributed by atoms with Gasteiger partial charge in [-0.15, -0.1) is 0 Å². The zero-order valence-corrected chi connectivity index (χ0v) is 14.1. The van der Waals surface area contributed by atoms with Gasteiger partial charge >= 0.3 is 0 Å². The topological polar surface area (TPSA) is 12.0 Å². The summed E-state index contributed by atoms with van der Waals surface area (Å²) in [5.74, 6) is 1.78. The molecule has 0 spiro atoms. The Hall–Kier alpha value is -0.410. The van der Waals surface area contributed by atoms with E-state index >= 15 is 0 Å². The number of halogens is 2. The Kier molecular flexibility index (Phi) is 6.48. The molecule has 1 aromatic carbocycles. The van der Waals surface area contributed by atoms with Crippen molar-refractivity contribution in [3.63, 3.8) is 0 Å². The summed E-state index contributed by atoms with van der Waals surface area (Å²) in [6, 6.07) is 5.10. The first-order valence-corrected chi connectivity index (χ1v) is 7.80. The summed E-state index contributed by atoms with van der Waals surface area (Å²) < 4.78 is 13.9. The van der Waals surface area contributed by atoms with E-state index in [0.29, 0.717) is 17.8 Å². The molecule has 1 rings (SSSR count). The van der Waals surface area contributed by atoms with Crippen LogP contribution in [-0.4, -0.2) is 6.54 Å². The molecule has 0 amide bonds. The Morgan fingerprint density at radius 2 is 1.68 bits per heavy atom. The third-order valence-electron chi connectivity index (χ3n) is 3.80. The molecule has 0 bridgehead atoms. The molecule has 0 aliphatic heterocycles. The van der Waals surface area contributed by atoms with Gasteiger partial charge in [0.2, 0.25) is 0 Å². The second-order valence-electron chi connectivity index (χ2n) is 5.95. The van der Waals surface area contributed by atoms with Crippen LogP contribution in [0.2, 0.25) is 0 Å². The van der Waals surface area contributed by atoms with Crippen molar-refractivity contribution >= 4 is 15.9 Å². The van der Waals surface area contributed by atoms with Gasteiger partial charge in [-0.05, 0) is 48.9 Å². The van der Waals surface area contributed by atoms with Crippen LogP contribution in [-0.2, 0) is 0 Å². The van der Waals surface area contributed by atoms with E-state index < -0.39 is 0 Å². The number of nitrogens with one attached hydrogen (secondary N) is 1. The lowest BCUT2D eigenvalue weighted by Gasteiger charge is -2.27. The Morgan fingerprint density at radius 3 is 2.16 bits per heavy atom. The van der Waals surface area contributed by atoms with Gasteiger partial charge in [0, 0.05) is 10.5 Å². The van der Waals surface area contributed by atoms with Crippen LogP contribution in [0.3, 0.4) is 0 Å². The van der Waals surface area contributed by atoms with Crippen LogP contribution >= 0.6 is 15.9 Å². The molecule has 0 radical (unpaired) electrons. The summed E-state index contributed by atoms with van der Waals surface area (Å²) in [5, 5.41) is 3.57. The molecule has 0 aromatic heterocycles. The van der Waals surface area contributed by atoms with Gasteiger partial charge in [-0.1, -0.05) is 49.7 Å². The van der Waals surface area contributed by atoms with Crippen molar-refractivity contribution in [3.8, 4) is 0 Å². The molecular weight excluding hydrogens is 305 g/mol. The summed E-state index contributed by atoms with van der Waals surface area (Å²) in [6.07, 6.45) is 0. The lowest BCUT2D eigenvalue weighted by molar-refractivity contribution is 0.268. The van der Waals surface area contributed by atoms with Crippen molar-refractivity contribution < 1.29 is 4.39 Å². The smallest absolute Gasteiger partial charge is 0.124 e. The zero-order valence-electron chi connectivity index (χ0n) is 12.5. The molecule has 0 heterocycles. The van der Waals surface area contributed by atoms with E-state index in [0.717, 1.165) is 16.6 Å². The lowest BCUT2D eigenvalue weighted by atomic mass is 9.85. The van der Waals surface area contributed by atoms with E-state index in [9.17, 15) is 4.39 Å². The van der Waals surface area contributed by atoms with Gasteiger partial charge in [-0.25, -0.2) is 4.39 Å². The molecule has 1 nitrogen and oxygen atoms in total. The fourth-order valence-electron chi connectivity index (χ4n) is 2.52. The average Bonchev–Trinajstić information content (AvgIpc) is 2.27. The van der Waals surface area contributed by atoms with Gasteiger partial charge in [0.1, 0.15) is 5.82 Å². The number of benzene rings is 1. The molecule has 108 valence electrons. The van der Waals surface area contributed by atoms with Crippen molar-refractivity contribution in [1.29, 1.82) is 0 Å². The van der Waals surface area contributed by atoms with Crippen LogP contribution in [0.15, 0.2) is 22.7 Å². The van der Waals surface area contributed by atoms with Crippen molar-refractivity contribution in [3.05, 3.63) is 34.1 Å². The Bertz CT molecular complexity index is 396. The standard InChI is InChI=1S/C16H25BrFN/c1-10(2)15(11(3)4)9-19-12(5)14-7-6-13(18)8-16(14)17/h6-8,10-12,15,19H,9H2,1-5H3. The molecule has 1 N–H and O–H groups in total. The van der Waals surface area contributed by atoms with Crippen molar-refractivity contribution in [2.45, 2.75) is 40.7 Å². The third kappa shape index (κ3) is 4.88. The highest BCUT2D eigenvalue weighted by Crippen LogP contribution is 2.25. The predicted molar refractivity (Wildman–Crippen MR) is 83.7 cm³/mol. The van der Waals surface area contributed by atoms with E-state index in [-0.39, 0.29) is 11.9 Å².